The second-order valence-electron chi connectivity index (χ2n) is 5.36. The molecule has 0 saturated heterocycles. The molecule has 0 fully saturated rings. The molecule has 0 bridgehead atoms. The summed E-state index contributed by atoms with van der Waals surface area (Å²) in [5, 5.41) is 6.67. The van der Waals surface area contributed by atoms with Crippen LogP contribution in [0.5, 0.6) is 0 Å². The highest BCUT2D eigenvalue weighted by atomic mass is 16.5. The van der Waals surface area contributed by atoms with Crippen molar-refractivity contribution in [2.75, 3.05) is 57.6 Å². The second kappa shape index (κ2) is 9.52. The minimum Gasteiger partial charge on any atom is -0.378 e. The molecule has 0 aliphatic heterocycles. The van der Waals surface area contributed by atoms with Gasteiger partial charge in [0.05, 0.1) is 13.2 Å². The Morgan fingerprint density at radius 2 is 1.62 bits per heavy atom. The highest BCUT2D eigenvalue weighted by Crippen LogP contribution is 2.19. The molecule has 21 heavy (non-hydrogen) atoms. The minimum atomic E-state index is 0.675. The monoisotopic (exact) mass is 295 g/mol. The Morgan fingerprint density at radius 3 is 2.19 bits per heavy atom. The topological polar surface area (TPSA) is 62.3 Å². The van der Waals surface area contributed by atoms with Crippen LogP contribution in [0.2, 0.25) is 0 Å². The Balaban J connectivity index is 2.45. The van der Waals surface area contributed by atoms with Crippen LogP contribution in [0.25, 0.3) is 0 Å². The number of likely N-dealkylation sites (N-methyl/N-ethyl adjacent to an activating group) is 1. The smallest absolute Gasteiger partial charge is 0.134 e. The van der Waals surface area contributed by atoms with Gasteiger partial charge in [-0.2, -0.15) is 0 Å². The van der Waals surface area contributed by atoms with E-state index in [1.54, 1.807) is 0 Å². The van der Waals surface area contributed by atoms with E-state index in [1.165, 1.54) is 0 Å². The highest BCUT2D eigenvalue weighted by Gasteiger charge is 2.08. The van der Waals surface area contributed by atoms with E-state index in [-0.39, 0.29) is 0 Å². The Morgan fingerprint density at radius 1 is 1.00 bits per heavy atom. The maximum Gasteiger partial charge on any atom is 0.134 e. The van der Waals surface area contributed by atoms with Gasteiger partial charge in [-0.05, 0) is 34.4 Å². The Labute approximate surface area is 128 Å². The lowest BCUT2D eigenvalue weighted by Gasteiger charge is -2.14. The fourth-order valence-corrected chi connectivity index (χ4v) is 1.81. The zero-order valence-electron chi connectivity index (χ0n) is 14.0. The molecule has 0 atom stereocenters. The van der Waals surface area contributed by atoms with Gasteiger partial charge in [0, 0.05) is 25.2 Å². The summed E-state index contributed by atoms with van der Waals surface area (Å²) in [5.74, 6) is 2.58. The first-order valence-electron chi connectivity index (χ1n) is 7.60. The summed E-state index contributed by atoms with van der Waals surface area (Å²) in [6.07, 6.45) is 1.07. The Bertz CT molecular complexity index is 423. The molecule has 0 unspecified atom stereocenters. The summed E-state index contributed by atoms with van der Waals surface area (Å²) in [6, 6.07) is 0. The zero-order chi connectivity index (χ0) is 15.7. The fraction of sp³-hybridized carbons (Fsp3) is 0.733. The molecule has 120 valence electrons. The lowest BCUT2D eigenvalue weighted by atomic mass is 10.3. The van der Waals surface area contributed by atoms with E-state index in [0.29, 0.717) is 6.61 Å². The van der Waals surface area contributed by atoms with Crippen LogP contribution < -0.4 is 10.6 Å². The summed E-state index contributed by atoms with van der Waals surface area (Å²) < 4.78 is 5.57. The van der Waals surface area contributed by atoms with Crippen molar-refractivity contribution in [3.8, 4) is 0 Å². The molecule has 0 amide bonds. The third-order valence-electron chi connectivity index (χ3n) is 3.02. The van der Waals surface area contributed by atoms with Crippen molar-refractivity contribution in [1.29, 1.82) is 0 Å². The van der Waals surface area contributed by atoms with Gasteiger partial charge in [0.25, 0.3) is 0 Å². The molecule has 2 N–H and O–H groups in total. The molecule has 0 aliphatic carbocycles. The van der Waals surface area contributed by atoms with Gasteiger partial charge < -0.3 is 20.3 Å². The molecular formula is C15H29N5O. The van der Waals surface area contributed by atoms with Crippen molar-refractivity contribution >= 4 is 11.6 Å². The van der Waals surface area contributed by atoms with Crippen LogP contribution in [0.3, 0.4) is 0 Å². The lowest BCUT2D eigenvalue weighted by Crippen LogP contribution is -2.20. The van der Waals surface area contributed by atoms with Gasteiger partial charge in [0.1, 0.15) is 17.5 Å². The van der Waals surface area contributed by atoms with Gasteiger partial charge in [-0.15, -0.1) is 0 Å². The van der Waals surface area contributed by atoms with E-state index in [2.05, 4.69) is 32.4 Å². The molecule has 1 heterocycles. The van der Waals surface area contributed by atoms with Gasteiger partial charge in [-0.3, -0.25) is 0 Å². The van der Waals surface area contributed by atoms with Gasteiger partial charge in [0.15, 0.2) is 0 Å². The maximum atomic E-state index is 5.57. The minimum absolute atomic E-state index is 0.675. The van der Waals surface area contributed by atoms with Crippen LogP contribution in [-0.2, 0) is 4.74 Å². The number of nitrogens with zero attached hydrogens (tertiary/aromatic N) is 3. The molecule has 6 nitrogen and oxygen atoms in total. The van der Waals surface area contributed by atoms with Gasteiger partial charge >= 0.3 is 0 Å². The molecule has 1 aromatic heterocycles. The van der Waals surface area contributed by atoms with E-state index in [4.69, 9.17) is 4.74 Å². The third kappa shape index (κ3) is 6.73. The molecule has 1 rings (SSSR count). The van der Waals surface area contributed by atoms with Crippen molar-refractivity contribution in [3.05, 3.63) is 11.4 Å². The number of nitrogens with one attached hydrogen (secondary N) is 2. The first kappa shape index (κ1) is 17.7. The molecule has 0 saturated carbocycles. The fourth-order valence-electron chi connectivity index (χ4n) is 1.81. The number of rotatable bonds is 10. The van der Waals surface area contributed by atoms with Gasteiger partial charge in [0.2, 0.25) is 0 Å². The number of hydrogen-bond acceptors (Lipinski definition) is 6. The quantitative estimate of drug-likeness (QED) is 0.643. The summed E-state index contributed by atoms with van der Waals surface area (Å²) in [7, 11) is 4.08. The molecule has 0 spiro atoms. The molecule has 0 aromatic carbocycles. The van der Waals surface area contributed by atoms with Gasteiger partial charge in [-0.25, -0.2) is 9.97 Å². The first-order valence-corrected chi connectivity index (χ1v) is 7.60. The molecule has 6 heteroatoms. The van der Waals surface area contributed by atoms with Crippen molar-refractivity contribution < 1.29 is 4.74 Å². The van der Waals surface area contributed by atoms with Crippen LogP contribution in [0.4, 0.5) is 11.6 Å². The van der Waals surface area contributed by atoms with E-state index in [1.807, 2.05) is 27.9 Å². The summed E-state index contributed by atoms with van der Waals surface area (Å²) in [4.78, 5) is 11.0. The first-order chi connectivity index (χ1) is 10.0. The second-order valence-corrected chi connectivity index (χ2v) is 5.36. The average molecular weight is 295 g/mol. The Hall–Kier alpha value is -1.40. The standard InChI is InChI=1S/C15H29N5O/c1-6-7-16-14-12(2)15(19-13(3)18-14)17-8-10-21-11-9-20(4)5/h6-11H2,1-5H3,(H2,16,17,18,19). The predicted octanol–water partition coefficient (Wildman–Crippen LogP) is 1.91. The van der Waals surface area contributed by atoms with Crippen LogP contribution in [-0.4, -0.2) is 61.8 Å². The van der Waals surface area contributed by atoms with E-state index >= 15 is 0 Å². The Kier molecular flexibility index (Phi) is 8.00. The van der Waals surface area contributed by atoms with Gasteiger partial charge in [-0.1, -0.05) is 6.92 Å². The van der Waals surface area contributed by atoms with E-state index in [9.17, 15) is 0 Å². The summed E-state index contributed by atoms with van der Waals surface area (Å²) in [5.41, 5.74) is 1.06. The maximum absolute atomic E-state index is 5.57. The van der Waals surface area contributed by atoms with Crippen LogP contribution >= 0.6 is 0 Å². The van der Waals surface area contributed by atoms with Crippen molar-refractivity contribution in [1.82, 2.24) is 14.9 Å². The van der Waals surface area contributed by atoms with Crippen LogP contribution in [0, 0.1) is 13.8 Å². The number of anilines is 2. The molecule has 0 aliphatic rings. The molecule has 1 aromatic rings. The molecular weight excluding hydrogens is 266 g/mol. The summed E-state index contributed by atoms with van der Waals surface area (Å²) in [6.45, 7) is 10.1. The van der Waals surface area contributed by atoms with Crippen molar-refractivity contribution in [2.24, 2.45) is 0 Å². The van der Waals surface area contributed by atoms with E-state index in [0.717, 1.165) is 55.7 Å². The van der Waals surface area contributed by atoms with Crippen LogP contribution in [0.1, 0.15) is 24.7 Å². The number of hydrogen-bond donors (Lipinski definition) is 2. The largest absolute Gasteiger partial charge is 0.378 e. The van der Waals surface area contributed by atoms with Crippen molar-refractivity contribution in [2.45, 2.75) is 27.2 Å². The SMILES string of the molecule is CCCNc1nc(C)nc(NCCOCCN(C)C)c1C. The van der Waals surface area contributed by atoms with E-state index < -0.39 is 0 Å². The zero-order valence-corrected chi connectivity index (χ0v) is 14.0. The third-order valence-corrected chi connectivity index (χ3v) is 3.02. The number of ether oxygens (including phenoxy) is 1. The lowest BCUT2D eigenvalue weighted by molar-refractivity contribution is 0.126. The number of aromatic nitrogens is 2. The van der Waals surface area contributed by atoms with Crippen molar-refractivity contribution in [3.63, 3.8) is 0 Å². The normalized spacial score (nSPS) is 11.0. The average Bonchev–Trinajstić information content (AvgIpc) is 2.43. The summed E-state index contributed by atoms with van der Waals surface area (Å²) >= 11 is 0. The predicted molar refractivity (Wildman–Crippen MR) is 88.1 cm³/mol. The molecule has 0 radical (unpaired) electrons. The number of aryl methyl sites for hydroxylation is 1. The highest BCUT2D eigenvalue weighted by molar-refractivity contribution is 5.57. The van der Waals surface area contributed by atoms with Crippen LogP contribution in [0.15, 0.2) is 0 Å².